The molecule has 0 rings (SSSR count). The molecule has 4 heteroatoms. The average Bonchev–Trinajstić information content (AvgIpc) is 2.00. The van der Waals surface area contributed by atoms with Crippen LogP contribution in [0.15, 0.2) is 0 Å². The minimum Gasteiger partial charge on any atom is -0.444 e. The largest absolute Gasteiger partial charge is 0.444 e. The lowest BCUT2D eigenvalue weighted by Gasteiger charge is -2.29. The first-order valence-corrected chi connectivity index (χ1v) is 4.84. The van der Waals surface area contributed by atoms with Crippen LogP contribution in [0, 0.1) is 0 Å². The van der Waals surface area contributed by atoms with Gasteiger partial charge in [-0.15, -0.1) is 0 Å². The van der Waals surface area contributed by atoms with Crippen LogP contribution >= 0.6 is 0 Å². The van der Waals surface area contributed by atoms with Gasteiger partial charge in [0.2, 0.25) is 0 Å². The maximum Gasteiger partial charge on any atom is 0.408 e. The summed E-state index contributed by atoms with van der Waals surface area (Å²) in [4.78, 5) is 11.3. The number of hydrogen-bond donors (Lipinski definition) is 2. The van der Waals surface area contributed by atoms with Crippen LogP contribution in [0.5, 0.6) is 0 Å². The molecule has 1 atom stereocenters. The molecule has 1 amide bonds. The molecule has 0 saturated heterocycles. The molecule has 0 radical (unpaired) electrons. The van der Waals surface area contributed by atoms with E-state index in [0.717, 1.165) is 0 Å². The molecular weight excluding hydrogens is 182 g/mol. The normalized spacial score (nSPS) is 15.9. The summed E-state index contributed by atoms with van der Waals surface area (Å²) in [6.07, 6.45) is 0.166. The van der Waals surface area contributed by atoms with Crippen molar-refractivity contribution >= 4 is 6.09 Å². The number of amides is 1. The maximum absolute atomic E-state index is 11.3. The summed E-state index contributed by atoms with van der Waals surface area (Å²) in [5.41, 5.74) is -1.10. The summed E-state index contributed by atoms with van der Waals surface area (Å²) in [6, 6.07) is 0. The van der Waals surface area contributed by atoms with Crippen molar-refractivity contribution < 1.29 is 14.6 Å². The summed E-state index contributed by atoms with van der Waals surface area (Å²) >= 11 is 0. The van der Waals surface area contributed by atoms with Gasteiger partial charge in [0.25, 0.3) is 0 Å². The summed E-state index contributed by atoms with van der Waals surface area (Å²) in [6.45, 7) is 8.98. The van der Waals surface area contributed by atoms with Crippen LogP contribution in [0.2, 0.25) is 0 Å². The van der Waals surface area contributed by atoms with Crippen molar-refractivity contribution in [3.63, 3.8) is 0 Å². The Morgan fingerprint density at radius 2 is 1.86 bits per heavy atom. The number of hydrogen-bond acceptors (Lipinski definition) is 3. The first kappa shape index (κ1) is 13.2. The van der Waals surface area contributed by atoms with Gasteiger partial charge in [0.05, 0.1) is 12.1 Å². The van der Waals surface area contributed by atoms with Crippen molar-refractivity contribution in [2.24, 2.45) is 0 Å². The molecule has 0 aliphatic heterocycles. The second kappa shape index (κ2) is 4.64. The van der Waals surface area contributed by atoms with Crippen LogP contribution in [-0.4, -0.2) is 28.9 Å². The van der Waals surface area contributed by atoms with E-state index in [2.05, 4.69) is 5.32 Å². The Morgan fingerprint density at radius 1 is 1.36 bits per heavy atom. The smallest absolute Gasteiger partial charge is 0.408 e. The highest BCUT2D eigenvalue weighted by molar-refractivity contribution is 5.68. The summed E-state index contributed by atoms with van der Waals surface area (Å²) in [5.74, 6) is 0. The zero-order valence-corrected chi connectivity index (χ0v) is 9.68. The molecule has 0 unspecified atom stereocenters. The number of nitrogens with one attached hydrogen (secondary N) is 1. The second-order valence-electron chi connectivity index (χ2n) is 4.70. The summed E-state index contributed by atoms with van der Waals surface area (Å²) in [7, 11) is 0. The molecule has 14 heavy (non-hydrogen) atoms. The van der Waals surface area contributed by atoms with Crippen LogP contribution in [0.25, 0.3) is 0 Å². The molecule has 0 aromatic carbocycles. The van der Waals surface area contributed by atoms with E-state index in [4.69, 9.17) is 9.84 Å². The SMILES string of the molecule is CC[C@](C)(CO)NC(=O)OC(C)(C)C. The fourth-order valence-electron chi connectivity index (χ4n) is 0.790. The molecule has 0 aromatic rings. The van der Waals surface area contributed by atoms with Gasteiger partial charge < -0.3 is 15.2 Å². The highest BCUT2D eigenvalue weighted by Gasteiger charge is 2.26. The Hall–Kier alpha value is -0.770. The Balaban J connectivity index is 4.18. The van der Waals surface area contributed by atoms with E-state index in [-0.39, 0.29) is 6.61 Å². The Labute approximate surface area is 85.6 Å². The molecule has 0 aromatic heterocycles. The molecule has 0 spiro atoms. The molecule has 0 saturated carbocycles. The van der Waals surface area contributed by atoms with Crippen molar-refractivity contribution in [1.82, 2.24) is 5.32 Å². The third-order valence-electron chi connectivity index (χ3n) is 1.93. The number of ether oxygens (including phenoxy) is 1. The number of aliphatic hydroxyl groups excluding tert-OH is 1. The fraction of sp³-hybridized carbons (Fsp3) is 0.900. The molecule has 0 fully saturated rings. The van der Waals surface area contributed by atoms with Gasteiger partial charge in [0.1, 0.15) is 5.60 Å². The molecular formula is C10H21NO3. The highest BCUT2D eigenvalue weighted by Crippen LogP contribution is 2.11. The van der Waals surface area contributed by atoms with Crippen LogP contribution in [-0.2, 0) is 4.74 Å². The van der Waals surface area contributed by atoms with Crippen molar-refractivity contribution in [3.8, 4) is 0 Å². The van der Waals surface area contributed by atoms with Crippen molar-refractivity contribution in [1.29, 1.82) is 0 Å². The van der Waals surface area contributed by atoms with Gasteiger partial charge >= 0.3 is 6.09 Å². The van der Waals surface area contributed by atoms with E-state index in [0.29, 0.717) is 6.42 Å². The molecule has 0 heterocycles. The predicted octanol–water partition coefficient (Wildman–Crippen LogP) is 1.67. The van der Waals surface area contributed by atoms with E-state index < -0.39 is 17.2 Å². The minimum atomic E-state index is -0.595. The van der Waals surface area contributed by atoms with Crippen molar-refractivity contribution in [2.45, 2.75) is 52.2 Å². The summed E-state index contributed by atoms with van der Waals surface area (Å²) in [5, 5.41) is 11.7. The Kier molecular flexibility index (Phi) is 4.39. The lowest BCUT2D eigenvalue weighted by atomic mass is 10.0. The van der Waals surface area contributed by atoms with Gasteiger partial charge in [-0.3, -0.25) is 0 Å². The quantitative estimate of drug-likeness (QED) is 0.733. The monoisotopic (exact) mass is 203 g/mol. The predicted molar refractivity (Wildman–Crippen MR) is 55.2 cm³/mol. The van der Waals surface area contributed by atoms with Gasteiger partial charge in [0.15, 0.2) is 0 Å². The molecule has 0 aliphatic rings. The molecule has 4 nitrogen and oxygen atoms in total. The maximum atomic E-state index is 11.3. The van der Waals surface area contributed by atoms with Crippen LogP contribution in [0.3, 0.4) is 0 Å². The standard InChI is InChI=1S/C10H21NO3/c1-6-10(5,7-12)11-8(13)14-9(2,3)4/h12H,6-7H2,1-5H3,(H,11,13)/t10-/m1/s1. The molecule has 0 bridgehead atoms. The Bertz CT molecular complexity index is 192. The third kappa shape index (κ3) is 5.07. The van der Waals surface area contributed by atoms with Crippen molar-refractivity contribution in [3.05, 3.63) is 0 Å². The summed E-state index contributed by atoms with van der Waals surface area (Å²) < 4.78 is 5.08. The van der Waals surface area contributed by atoms with E-state index >= 15 is 0 Å². The minimum absolute atomic E-state index is 0.0945. The number of aliphatic hydroxyl groups is 1. The first-order valence-electron chi connectivity index (χ1n) is 4.84. The van der Waals surface area contributed by atoms with Gasteiger partial charge in [-0.05, 0) is 34.1 Å². The number of carbonyl (C=O) groups is 1. The van der Waals surface area contributed by atoms with Crippen LogP contribution in [0.4, 0.5) is 4.79 Å². The van der Waals surface area contributed by atoms with Gasteiger partial charge in [-0.1, -0.05) is 6.92 Å². The fourth-order valence-corrected chi connectivity index (χ4v) is 0.790. The van der Waals surface area contributed by atoms with E-state index in [9.17, 15) is 4.79 Å². The Morgan fingerprint density at radius 3 is 2.14 bits per heavy atom. The van der Waals surface area contributed by atoms with Crippen molar-refractivity contribution in [2.75, 3.05) is 6.61 Å². The van der Waals surface area contributed by atoms with Crippen LogP contribution < -0.4 is 5.32 Å². The van der Waals surface area contributed by atoms with E-state index in [1.165, 1.54) is 0 Å². The van der Waals surface area contributed by atoms with Gasteiger partial charge in [0, 0.05) is 0 Å². The number of alkyl carbamates (subject to hydrolysis) is 1. The van der Waals surface area contributed by atoms with Gasteiger partial charge in [-0.25, -0.2) is 4.79 Å². The zero-order valence-electron chi connectivity index (χ0n) is 9.68. The van der Waals surface area contributed by atoms with Crippen LogP contribution in [0.1, 0.15) is 41.0 Å². The number of carbonyl (C=O) groups excluding carboxylic acids is 1. The zero-order chi connectivity index (χ0) is 11.4. The second-order valence-corrected chi connectivity index (χ2v) is 4.70. The van der Waals surface area contributed by atoms with E-state index in [1.807, 2.05) is 6.92 Å². The van der Waals surface area contributed by atoms with E-state index in [1.54, 1.807) is 27.7 Å². The lowest BCUT2D eigenvalue weighted by molar-refractivity contribution is 0.0411. The van der Waals surface area contributed by atoms with Gasteiger partial charge in [-0.2, -0.15) is 0 Å². The molecule has 84 valence electrons. The molecule has 2 N–H and O–H groups in total. The average molecular weight is 203 g/mol. The topological polar surface area (TPSA) is 58.6 Å². The molecule has 0 aliphatic carbocycles. The highest BCUT2D eigenvalue weighted by atomic mass is 16.6. The number of rotatable bonds is 3. The first-order chi connectivity index (χ1) is 6.22. The lowest BCUT2D eigenvalue weighted by Crippen LogP contribution is -2.50. The third-order valence-corrected chi connectivity index (χ3v) is 1.93.